The Kier molecular flexibility index (Phi) is 3.43. The van der Waals surface area contributed by atoms with E-state index in [1.165, 1.54) is 6.92 Å². The molecule has 1 aromatic rings. The molecule has 1 N–H and O–H groups in total. The maximum Gasteiger partial charge on any atom is 0.407 e. The Morgan fingerprint density at radius 2 is 1.89 bits per heavy atom. The van der Waals surface area contributed by atoms with Crippen LogP contribution in [-0.4, -0.2) is 25.1 Å². The maximum atomic E-state index is 13.0. The van der Waals surface area contributed by atoms with Gasteiger partial charge in [0, 0.05) is 0 Å². The van der Waals surface area contributed by atoms with Gasteiger partial charge < -0.3 is 0 Å². The van der Waals surface area contributed by atoms with E-state index < -0.39 is 21.7 Å². The summed E-state index contributed by atoms with van der Waals surface area (Å²) < 4.78 is 64.8. The molecule has 4 nitrogen and oxygen atoms in total. The molecule has 0 saturated heterocycles. The largest absolute Gasteiger partial charge is 0.407 e. The molecule has 0 bridgehead atoms. The quantitative estimate of drug-likeness (QED) is 0.932. The van der Waals surface area contributed by atoms with Gasteiger partial charge in [0.05, 0.1) is 10.7 Å². The van der Waals surface area contributed by atoms with Crippen LogP contribution in [0.4, 0.5) is 13.2 Å². The topological polar surface area (TPSA) is 59.1 Å². The third-order valence-corrected chi connectivity index (χ3v) is 6.40. The maximum absolute atomic E-state index is 13.0. The number of halogens is 3. The summed E-state index contributed by atoms with van der Waals surface area (Å²) in [4.78, 5) is 3.93. The normalized spacial score (nSPS) is 19.2. The summed E-state index contributed by atoms with van der Waals surface area (Å²) in [5.41, 5.74) is -2.08. The fraction of sp³-hybridized carbons (Fsp3) is 0.700. The fourth-order valence-electron chi connectivity index (χ4n) is 2.04. The number of aryl methyl sites for hydroxylation is 2. The average Bonchev–Trinajstić information content (AvgIpc) is 2.50. The second-order valence-corrected chi connectivity index (χ2v) is 7.73. The fourth-order valence-corrected chi connectivity index (χ4v) is 4.97. The molecule has 2 rings (SSSR count). The van der Waals surface area contributed by atoms with Gasteiger partial charge in [0.2, 0.25) is 0 Å². The second kappa shape index (κ2) is 4.42. The highest BCUT2D eigenvalue weighted by molar-refractivity contribution is 7.91. The first-order valence-electron chi connectivity index (χ1n) is 5.62. The van der Waals surface area contributed by atoms with Crippen LogP contribution in [0.15, 0.2) is 4.21 Å². The van der Waals surface area contributed by atoms with Crippen LogP contribution in [-0.2, 0) is 10.0 Å². The van der Waals surface area contributed by atoms with Crippen molar-refractivity contribution in [1.29, 1.82) is 0 Å². The lowest BCUT2D eigenvalue weighted by Gasteiger charge is -2.42. The first-order valence-corrected chi connectivity index (χ1v) is 7.92. The summed E-state index contributed by atoms with van der Waals surface area (Å²) in [6.45, 7) is 3.08. The highest BCUT2D eigenvalue weighted by atomic mass is 32.2. The number of nitrogens with zero attached hydrogens (tertiary/aromatic N) is 1. The van der Waals surface area contributed by atoms with Gasteiger partial charge in [0.1, 0.15) is 5.54 Å². The van der Waals surface area contributed by atoms with Crippen molar-refractivity contribution in [1.82, 2.24) is 9.71 Å². The Hall–Kier alpha value is -0.670. The molecule has 1 saturated carbocycles. The smallest absolute Gasteiger partial charge is 0.245 e. The number of thiazole rings is 1. The van der Waals surface area contributed by atoms with Crippen molar-refractivity contribution < 1.29 is 21.6 Å². The molecule has 9 heteroatoms. The minimum Gasteiger partial charge on any atom is -0.245 e. The zero-order valence-electron chi connectivity index (χ0n) is 10.3. The number of rotatable bonds is 3. The summed E-state index contributed by atoms with van der Waals surface area (Å²) >= 11 is 0.878. The van der Waals surface area contributed by atoms with E-state index in [0.717, 1.165) is 11.3 Å². The molecule has 1 aliphatic carbocycles. The van der Waals surface area contributed by atoms with Gasteiger partial charge in [-0.2, -0.15) is 17.9 Å². The molecule has 1 fully saturated rings. The molecule has 19 heavy (non-hydrogen) atoms. The van der Waals surface area contributed by atoms with Crippen LogP contribution in [0.2, 0.25) is 0 Å². The summed E-state index contributed by atoms with van der Waals surface area (Å²) in [6.07, 6.45) is -4.65. The predicted molar refractivity (Wildman–Crippen MR) is 64.5 cm³/mol. The van der Waals surface area contributed by atoms with E-state index in [0.29, 0.717) is 11.4 Å². The van der Waals surface area contributed by atoms with Crippen LogP contribution >= 0.6 is 11.3 Å². The molecule has 0 radical (unpaired) electrons. The van der Waals surface area contributed by atoms with Crippen molar-refractivity contribution in [2.45, 2.75) is 49.0 Å². The Labute approximate surface area is 113 Å². The number of nitrogens with one attached hydrogen (secondary N) is 1. The minimum absolute atomic E-state index is 0.138. The van der Waals surface area contributed by atoms with E-state index in [1.54, 1.807) is 6.92 Å². The Morgan fingerprint density at radius 1 is 1.32 bits per heavy atom. The van der Waals surface area contributed by atoms with Crippen LogP contribution in [0, 0.1) is 13.8 Å². The number of alkyl halides is 3. The van der Waals surface area contributed by atoms with Crippen LogP contribution in [0.3, 0.4) is 0 Å². The van der Waals surface area contributed by atoms with Crippen molar-refractivity contribution in [3.05, 3.63) is 10.7 Å². The van der Waals surface area contributed by atoms with Crippen LogP contribution in [0.1, 0.15) is 30.0 Å². The molecule has 0 aliphatic heterocycles. The van der Waals surface area contributed by atoms with Crippen LogP contribution in [0.25, 0.3) is 0 Å². The lowest BCUT2D eigenvalue weighted by atomic mass is 9.77. The summed E-state index contributed by atoms with van der Waals surface area (Å²) in [5.74, 6) is 0. The van der Waals surface area contributed by atoms with Crippen LogP contribution in [0.5, 0.6) is 0 Å². The van der Waals surface area contributed by atoms with E-state index >= 15 is 0 Å². The van der Waals surface area contributed by atoms with E-state index in [4.69, 9.17) is 0 Å². The Balaban J connectivity index is 2.34. The molecule has 0 atom stereocenters. The van der Waals surface area contributed by atoms with Crippen molar-refractivity contribution in [3.63, 3.8) is 0 Å². The predicted octanol–water partition coefficient (Wildman–Crippen LogP) is 2.52. The van der Waals surface area contributed by atoms with Gasteiger partial charge in [-0.15, -0.1) is 11.3 Å². The minimum atomic E-state index is -4.58. The molecule has 108 valence electrons. The summed E-state index contributed by atoms with van der Waals surface area (Å²) in [5, 5.41) is 0.507. The molecular weight excluding hydrogens is 301 g/mol. The molecule has 0 spiro atoms. The third-order valence-electron chi connectivity index (χ3n) is 3.18. The monoisotopic (exact) mass is 314 g/mol. The first kappa shape index (κ1) is 14.7. The Morgan fingerprint density at radius 3 is 2.21 bits per heavy atom. The Bertz CT molecular complexity index is 588. The summed E-state index contributed by atoms with van der Waals surface area (Å²) in [6, 6.07) is 0. The van der Waals surface area contributed by atoms with E-state index in [9.17, 15) is 21.6 Å². The first-order chi connectivity index (χ1) is 8.57. The number of sulfonamides is 1. The molecule has 0 unspecified atom stereocenters. The molecule has 0 aromatic carbocycles. The highest BCUT2D eigenvalue weighted by Crippen LogP contribution is 2.46. The van der Waals surface area contributed by atoms with Gasteiger partial charge in [-0.3, -0.25) is 0 Å². The van der Waals surface area contributed by atoms with Gasteiger partial charge in [0.15, 0.2) is 4.21 Å². The lowest BCUT2D eigenvalue weighted by Crippen LogP contribution is -2.62. The zero-order chi connectivity index (χ0) is 14.5. The SMILES string of the molecule is Cc1nc(C)c(S(=O)(=O)NC2(C(F)(F)F)CCC2)s1. The van der Waals surface area contributed by atoms with Crippen molar-refractivity contribution in [2.75, 3.05) is 0 Å². The zero-order valence-corrected chi connectivity index (χ0v) is 12.0. The van der Waals surface area contributed by atoms with Crippen molar-refractivity contribution >= 4 is 21.4 Å². The van der Waals surface area contributed by atoms with Gasteiger partial charge in [-0.1, -0.05) is 0 Å². The second-order valence-electron chi connectivity index (χ2n) is 4.64. The molecule has 0 amide bonds. The molecular formula is C10H13F3N2O2S2. The van der Waals surface area contributed by atoms with Gasteiger partial charge >= 0.3 is 6.18 Å². The van der Waals surface area contributed by atoms with Crippen molar-refractivity contribution in [2.24, 2.45) is 0 Å². The highest BCUT2D eigenvalue weighted by Gasteiger charge is 2.60. The molecule has 1 heterocycles. The number of hydrogen-bond acceptors (Lipinski definition) is 4. The average molecular weight is 314 g/mol. The van der Waals surface area contributed by atoms with Gasteiger partial charge in [-0.05, 0) is 33.1 Å². The van der Waals surface area contributed by atoms with E-state index in [2.05, 4.69) is 4.98 Å². The molecule has 1 aliphatic rings. The summed E-state index contributed by atoms with van der Waals surface area (Å²) in [7, 11) is -4.19. The van der Waals surface area contributed by atoms with Crippen LogP contribution < -0.4 is 4.72 Å². The standard InChI is InChI=1S/C10H13F3N2O2S2/c1-6-8(18-7(2)14-6)19(16,17)15-9(4-3-5-9)10(11,12)13/h15H,3-5H2,1-2H3. The van der Waals surface area contributed by atoms with Gasteiger partial charge in [0.25, 0.3) is 10.0 Å². The van der Waals surface area contributed by atoms with Gasteiger partial charge in [-0.25, -0.2) is 13.4 Å². The van der Waals surface area contributed by atoms with Crippen molar-refractivity contribution in [3.8, 4) is 0 Å². The third kappa shape index (κ3) is 2.50. The lowest BCUT2D eigenvalue weighted by molar-refractivity contribution is -0.212. The van der Waals surface area contributed by atoms with E-state index in [-0.39, 0.29) is 22.7 Å². The number of aromatic nitrogens is 1. The number of hydrogen-bond donors (Lipinski definition) is 1. The van der Waals surface area contributed by atoms with E-state index in [1.807, 2.05) is 4.72 Å². The molecule has 1 aromatic heterocycles.